The number of aryl methyl sites for hydroxylation is 1. The van der Waals surface area contributed by atoms with Crippen LogP contribution in [-0.4, -0.2) is 4.98 Å². The predicted octanol–water partition coefficient (Wildman–Crippen LogP) is 4.87. The fraction of sp³-hybridized carbons (Fsp3) is 0.118. The van der Waals surface area contributed by atoms with Crippen molar-refractivity contribution in [3.8, 4) is 11.3 Å². The van der Waals surface area contributed by atoms with Gasteiger partial charge in [-0.05, 0) is 36.2 Å². The first-order valence-corrected chi connectivity index (χ1v) is 7.60. The van der Waals surface area contributed by atoms with E-state index in [9.17, 15) is 4.39 Å². The molecule has 0 atom stereocenters. The Balaban J connectivity index is 1.72. The summed E-state index contributed by atoms with van der Waals surface area (Å²) in [5.41, 5.74) is 3.67. The zero-order chi connectivity index (χ0) is 14.7. The lowest BCUT2D eigenvalue weighted by molar-refractivity contribution is 0.619. The summed E-state index contributed by atoms with van der Waals surface area (Å²) in [4.78, 5) is 4.55. The minimum atomic E-state index is -0.184. The monoisotopic (exact) mass is 298 g/mol. The third kappa shape index (κ3) is 3.28. The van der Waals surface area contributed by atoms with E-state index in [1.807, 2.05) is 29.6 Å². The van der Waals surface area contributed by atoms with Gasteiger partial charge in [0.1, 0.15) is 5.82 Å². The molecule has 0 unspecified atom stereocenters. The lowest BCUT2D eigenvalue weighted by atomic mass is 10.1. The normalized spacial score (nSPS) is 10.6. The molecule has 2 aromatic carbocycles. The molecule has 0 aliphatic rings. The van der Waals surface area contributed by atoms with Crippen molar-refractivity contribution in [2.24, 2.45) is 0 Å². The highest BCUT2D eigenvalue weighted by Gasteiger charge is 2.06. The van der Waals surface area contributed by atoms with Gasteiger partial charge >= 0.3 is 0 Å². The van der Waals surface area contributed by atoms with E-state index in [1.54, 1.807) is 24.3 Å². The SMILES string of the molecule is Cc1cc(-c2csc(NCc3ccccc3)n2)ccc1F. The molecule has 0 radical (unpaired) electrons. The first-order chi connectivity index (χ1) is 10.2. The number of nitrogens with zero attached hydrogens (tertiary/aromatic N) is 1. The minimum absolute atomic E-state index is 0.184. The summed E-state index contributed by atoms with van der Waals surface area (Å²) in [6.45, 7) is 2.51. The van der Waals surface area contributed by atoms with Crippen LogP contribution in [0.25, 0.3) is 11.3 Å². The van der Waals surface area contributed by atoms with E-state index in [0.717, 1.165) is 22.9 Å². The van der Waals surface area contributed by atoms with Crippen molar-refractivity contribution in [2.75, 3.05) is 5.32 Å². The minimum Gasteiger partial charge on any atom is -0.357 e. The molecule has 0 bridgehead atoms. The Morgan fingerprint density at radius 3 is 2.71 bits per heavy atom. The van der Waals surface area contributed by atoms with Crippen LogP contribution in [0.5, 0.6) is 0 Å². The summed E-state index contributed by atoms with van der Waals surface area (Å²) in [5, 5.41) is 6.17. The Bertz CT molecular complexity index is 738. The van der Waals surface area contributed by atoms with Crippen LogP contribution in [0.1, 0.15) is 11.1 Å². The quantitative estimate of drug-likeness (QED) is 0.743. The van der Waals surface area contributed by atoms with Crippen LogP contribution in [0.3, 0.4) is 0 Å². The zero-order valence-corrected chi connectivity index (χ0v) is 12.5. The van der Waals surface area contributed by atoms with Crippen molar-refractivity contribution in [1.29, 1.82) is 0 Å². The van der Waals surface area contributed by atoms with E-state index in [0.29, 0.717) is 5.56 Å². The van der Waals surface area contributed by atoms with E-state index in [-0.39, 0.29) is 5.82 Å². The third-order valence-electron chi connectivity index (χ3n) is 3.24. The average molecular weight is 298 g/mol. The molecule has 0 aliphatic heterocycles. The van der Waals surface area contributed by atoms with Gasteiger partial charge in [-0.1, -0.05) is 30.3 Å². The van der Waals surface area contributed by atoms with Crippen LogP contribution >= 0.6 is 11.3 Å². The molecule has 4 heteroatoms. The maximum atomic E-state index is 13.3. The van der Waals surface area contributed by atoms with Gasteiger partial charge in [0, 0.05) is 17.5 Å². The number of aromatic nitrogens is 1. The van der Waals surface area contributed by atoms with Gasteiger partial charge in [0.15, 0.2) is 5.13 Å². The summed E-state index contributed by atoms with van der Waals surface area (Å²) in [6, 6.07) is 15.3. The van der Waals surface area contributed by atoms with Crippen LogP contribution in [-0.2, 0) is 6.54 Å². The van der Waals surface area contributed by atoms with E-state index in [1.165, 1.54) is 11.6 Å². The standard InChI is InChI=1S/C17H15FN2S/c1-12-9-14(7-8-15(12)18)16-11-21-17(20-16)19-10-13-5-3-2-4-6-13/h2-9,11H,10H2,1H3,(H,19,20). The lowest BCUT2D eigenvalue weighted by Gasteiger charge is -2.02. The number of halogens is 1. The summed E-state index contributed by atoms with van der Waals surface area (Å²) >= 11 is 1.56. The average Bonchev–Trinajstić information content (AvgIpc) is 2.98. The van der Waals surface area contributed by atoms with E-state index >= 15 is 0 Å². The summed E-state index contributed by atoms with van der Waals surface area (Å²) in [7, 11) is 0. The maximum absolute atomic E-state index is 13.3. The van der Waals surface area contributed by atoms with E-state index in [2.05, 4.69) is 22.4 Å². The molecular formula is C17H15FN2S. The number of anilines is 1. The molecule has 0 spiro atoms. The Morgan fingerprint density at radius 2 is 1.95 bits per heavy atom. The molecule has 0 fully saturated rings. The number of rotatable bonds is 4. The molecule has 0 saturated heterocycles. The van der Waals surface area contributed by atoms with Crippen LogP contribution in [0.2, 0.25) is 0 Å². The van der Waals surface area contributed by atoms with Crippen molar-refractivity contribution < 1.29 is 4.39 Å². The van der Waals surface area contributed by atoms with Crippen molar-refractivity contribution in [2.45, 2.75) is 13.5 Å². The molecule has 3 rings (SSSR count). The van der Waals surface area contributed by atoms with Gasteiger partial charge < -0.3 is 5.32 Å². The van der Waals surface area contributed by atoms with Crippen molar-refractivity contribution in [1.82, 2.24) is 4.98 Å². The number of hydrogen-bond donors (Lipinski definition) is 1. The molecule has 0 amide bonds. The van der Waals surface area contributed by atoms with Gasteiger partial charge in [0.05, 0.1) is 5.69 Å². The molecule has 2 nitrogen and oxygen atoms in total. The van der Waals surface area contributed by atoms with Crippen molar-refractivity contribution >= 4 is 16.5 Å². The Hall–Kier alpha value is -2.20. The molecule has 0 saturated carbocycles. The van der Waals surface area contributed by atoms with Crippen LogP contribution in [0.15, 0.2) is 53.9 Å². The van der Waals surface area contributed by atoms with Gasteiger partial charge in [-0.15, -0.1) is 11.3 Å². The molecule has 0 aliphatic carbocycles. The first kappa shape index (κ1) is 13.8. The number of benzene rings is 2. The molecule has 21 heavy (non-hydrogen) atoms. The van der Waals surface area contributed by atoms with Gasteiger partial charge in [-0.2, -0.15) is 0 Å². The number of nitrogens with one attached hydrogen (secondary N) is 1. The number of hydrogen-bond acceptors (Lipinski definition) is 3. The second-order valence-electron chi connectivity index (χ2n) is 4.84. The molecule has 1 heterocycles. The highest BCUT2D eigenvalue weighted by Crippen LogP contribution is 2.26. The fourth-order valence-electron chi connectivity index (χ4n) is 2.07. The van der Waals surface area contributed by atoms with Crippen molar-refractivity contribution in [3.05, 3.63) is 70.9 Å². The highest BCUT2D eigenvalue weighted by atomic mass is 32.1. The molecule has 3 aromatic rings. The van der Waals surface area contributed by atoms with Crippen LogP contribution in [0, 0.1) is 12.7 Å². The molecule has 1 aromatic heterocycles. The Morgan fingerprint density at radius 1 is 1.14 bits per heavy atom. The highest BCUT2D eigenvalue weighted by molar-refractivity contribution is 7.14. The Labute approximate surface area is 127 Å². The van der Waals surface area contributed by atoms with Crippen LogP contribution in [0.4, 0.5) is 9.52 Å². The summed E-state index contributed by atoms with van der Waals surface area (Å²) in [6.07, 6.45) is 0. The van der Waals surface area contributed by atoms with Crippen LogP contribution < -0.4 is 5.32 Å². The zero-order valence-electron chi connectivity index (χ0n) is 11.6. The Kier molecular flexibility index (Phi) is 3.97. The molecular weight excluding hydrogens is 283 g/mol. The van der Waals surface area contributed by atoms with E-state index < -0.39 is 0 Å². The maximum Gasteiger partial charge on any atom is 0.183 e. The first-order valence-electron chi connectivity index (χ1n) is 6.72. The van der Waals surface area contributed by atoms with Gasteiger partial charge in [0.25, 0.3) is 0 Å². The van der Waals surface area contributed by atoms with E-state index in [4.69, 9.17) is 0 Å². The fourth-order valence-corrected chi connectivity index (χ4v) is 2.78. The molecule has 106 valence electrons. The predicted molar refractivity (Wildman–Crippen MR) is 86.0 cm³/mol. The van der Waals surface area contributed by atoms with Crippen molar-refractivity contribution in [3.63, 3.8) is 0 Å². The number of thiazole rings is 1. The topological polar surface area (TPSA) is 24.9 Å². The molecule has 1 N–H and O–H groups in total. The van der Waals surface area contributed by atoms with Gasteiger partial charge in [0.2, 0.25) is 0 Å². The second kappa shape index (κ2) is 6.06. The third-order valence-corrected chi connectivity index (χ3v) is 4.04. The second-order valence-corrected chi connectivity index (χ2v) is 5.70. The van der Waals surface area contributed by atoms with Gasteiger partial charge in [-0.3, -0.25) is 0 Å². The summed E-state index contributed by atoms with van der Waals surface area (Å²) < 4.78 is 13.3. The largest absolute Gasteiger partial charge is 0.357 e. The summed E-state index contributed by atoms with van der Waals surface area (Å²) in [5.74, 6) is -0.184. The smallest absolute Gasteiger partial charge is 0.183 e. The lowest BCUT2D eigenvalue weighted by Crippen LogP contribution is -1.98. The van der Waals surface area contributed by atoms with Gasteiger partial charge in [-0.25, -0.2) is 9.37 Å².